The van der Waals surface area contributed by atoms with Crippen molar-refractivity contribution in [3.8, 4) is 0 Å². The lowest BCUT2D eigenvalue weighted by molar-refractivity contribution is 0.947. The molecule has 0 aliphatic carbocycles. The van der Waals surface area contributed by atoms with Crippen molar-refractivity contribution in [1.82, 2.24) is 9.55 Å². The topological polar surface area (TPSA) is 34.9 Å². The van der Waals surface area contributed by atoms with Crippen molar-refractivity contribution in [3.63, 3.8) is 0 Å². The molecule has 0 bridgehead atoms. The van der Waals surface area contributed by atoms with Crippen LogP contribution in [0.15, 0.2) is 35.4 Å². The number of hydrogen-bond donors (Lipinski definition) is 0. The zero-order valence-corrected chi connectivity index (χ0v) is 6.69. The molecule has 1 aromatic carbocycles. The SMILES string of the molecule is Cn1cnc2ccc(=O)ccc21. The summed E-state index contributed by atoms with van der Waals surface area (Å²) in [6.45, 7) is 0. The lowest BCUT2D eigenvalue weighted by atomic mass is 10.4. The smallest absolute Gasteiger partial charge is 0.178 e. The van der Waals surface area contributed by atoms with E-state index in [1.54, 1.807) is 24.5 Å². The van der Waals surface area contributed by atoms with Crippen LogP contribution in [0, 0.1) is 0 Å². The quantitative estimate of drug-likeness (QED) is 0.574. The summed E-state index contributed by atoms with van der Waals surface area (Å²) in [4.78, 5) is 15.1. The van der Waals surface area contributed by atoms with Crippen molar-refractivity contribution in [2.75, 3.05) is 0 Å². The van der Waals surface area contributed by atoms with E-state index in [2.05, 4.69) is 4.98 Å². The third-order valence-corrected chi connectivity index (χ3v) is 1.82. The maximum absolute atomic E-state index is 11.0. The van der Waals surface area contributed by atoms with E-state index in [0.29, 0.717) is 0 Å². The van der Waals surface area contributed by atoms with Crippen LogP contribution in [0.3, 0.4) is 0 Å². The van der Waals surface area contributed by atoms with Gasteiger partial charge in [-0.2, -0.15) is 0 Å². The van der Waals surface area contributed by atoms with Crippen molar-refractivity contribution >= 4 is 11.0 Å². The van der Waals surface area contributed by atoms with Gasteiger partial charge in [0.1, 0.15) is 0 Å². The first kappa shape index (κ1) is 7.03. The molecular weight excluding hydrogens is 152 g/mol. The molecule has 0 amide bonds. The molecule has 0 saturated carbocycles. The van der Waals surface area contributed by atoms with Crippen molar-refractivity contribution in [3.05, 3.63) is 40.8 Å². The second kappa shape index (κ2) is 2.44. The Morgan fingerprint density at radius 1 is 1.25 bits per heavy atom. The largest absolute Gasteiger partial charge is 0.334 e. The fourth-order valence-corrected chi connectivity index (χ4v) is 1.17. The minimum Gasteiger partial charge on any atom is -0.334 e. The monoisotopic (exact) mass is 160 g/mol. The summed E-state index contributed by atoms with van der Waals surface area (Å²) >= 11 is 0. The lowest BCUT2D eigenvalue weighted by Crippen LogP contribution is -1.88. The van der Waals surface area contributed by atoms with E-state index >= 15 is 0 Å². The zero-order chi connectivity index (χ0) is 8.55. The van der Waals surface area contributed by atoms with Crippen molar-refractivity contribution in [2.24, 2.45) is 7.05 Å². The molecule has 12 heavy (non-hydrogen) atoms. The van der Waals surface area contributed by atoms with Crippen molar-refractivity contribution < 1.29 is 0 Å². The van der Waals surface area contributed by atoms with Gasteiger partial charge in [0.25, 0.3) is 0 Å². The van der Waals surface area contributed by atoms with Crippen LogP contribution < -0.4 is 5.43 Å². The second-order valence-corrected chi connectivity index (χ2v) is 2.69. The average Bonchev–Trinajstić information content (AvgIpc) is 2.28. The van der Waals surface area contributed by atoms with Crippen LogP contribution in [0.25, 0.3) is 11.0 Å². The minimum atomic E-state index is 0.00741. The maximum Gasteiger partial charge on any atom is 0.178 e. The van der Waals surface area contributed by atoms with Gasteiger partial charge in [-0.25, -0.2) is 4.98 Å². The van der Waals surface area contributed by atoms with E-state index in [1.807, 2.05) is 11.6 Å². The first-order chi connectivity index (χ1) is 5.77. The number of aromatic nitrogens is 2. The summed E-state index contributed by atoms with van der Waals surface area (Å²) in [6, 6.07) is 6.58. The molecule has 0 radical (unpaired) electrons. The molecule has 60 valence electrons. The maximum atomic E-state index is 11.0. The van der Waals surface area contributed by atoms with Crippen molar-refractivity contribution in [1.29, 1.82) is 0 Å². The van der Waals surface area contributed by atoms with Crippen LogP contribution in [0.4, 0.5) is 0 Å². The van der Waals surface area contributed by atoms with E-state index in [1.165, 1.54) is 6.07 Å². The van der Waals surface area contributed by atoms with Crippen LogP contribution in [-0.2, 0) is 7.05 Å². The Bertz CT molecular complexity index is 473. The highest BCUT2D eigenvalue weighted by Crippen LogP contribution is 2.06. The highest BCUT2D eigenvalue weighted by molar-refractivity contribution is 5.73. The van der Waals surface area contributed by atoms with Crippen LogP contribution >= 0.6 is 0 Å². The van der Waals surface area contributed by atoms with Gasteiger partial charge in [-0.05, 0) is 24.3 Å². The molecule has 0 aliphatic heterocycles. The van der Waals surface area contributed by atoms with Gasteiger partial charge in [-0.3, -0.25) is 4.79 Å². The molecule has 0 atom stereocenters. The van der Waals surface area contributed by atoms with Gasteiger partial charge >= 0.3 is 0 Å². The Kier molecular flexibility index (Phi) is 1.43. The van der Waals surface area contributed by atoms with E-state index < -0.39 is 0 Å². The molecule has 0 saturated heterocycles. The predicted molar refractivity (Wildman–Crippen MR) is 47.0 cm³/mol. The molecule has 3 heteroatoms. The van der Waals surface area contributed by atoms with Crippen LogP contribution in [0.1, 0.15) is 0 Å². The van der Waals surface area contributed by atoms with E-state index in [-0.39, 0.29) is 5.43 Å². The van der Waals surface area contributed by atoms with Crippen LogP contribution in [0.5, 0.6) is 0 Å². The normalized spacial score (nSPS) is 10.4. The summed E-state index contributed by atoms with van der Waals surface area (Å²) in [5.41, 5.74) is 1.82. The van der Waals surface area contributed by atoms with E-state index in [9.17, 15) is 4.79 Å². The van der Waals surface area contributed by atoms with Gasteiger partial charge in [0.2, 0.25) is 0 Å². The number of aryl methyl sites for hydroxylation is 1. The van der Waals surface area contributed by atoms with Crippen molar-refractivity contribution in [2.45, 2.75) is 0 Å². The van der Waals surface area contributed by atoms with Gasteiger partial charge in [0, 0.05) is 7.05 Å². The molecule has 0 spiro atoms. The molecule has 2 aromatic rings. The molecule has 0 N–H and O–H groups in total. The molecule has 0 aliphatic rings. The summed E-state index contributed by atoms with van der Waals surface area (Å²) < 4.78 is 1.88. The summed E-state index contributed by atoms with van der Waals surface area (Å²) in [5.74, 6) is 0. The van der Waals surface area contributed by atoms with Gasteiger partial charge in [0.15, 0.2) is 5.43 Å². The first-order valence-electron chi connectivity index (χ1n) is 3.69. The Morgan fingerprint density at radius 2 is 2.00 bits per heavy atom. The fourth-order valence-electron chi connectivity index (χ4n) is 1.17. The van der Waals surface area contributed by atoms with Gasteiger partial charge in [-0.1, -0.05) is 0 Å². The number of hydrogen-bond acceptors (Lipinski definition) is 2. The summed E-state index contributed by atoms with van der Waals surface area (Å²) in [5, 5.41) is 0. The summed E-state index contributed by atoms with van der Waals surface area (Å²) in [7, 11) is 1.90. The predicted octanol–water partition coefficient (Wildman–Crippen LogP) is 0.933. The van der Waals surface area contributed by atoms with Gasteiger partial charge < -0.3 is 4.57 Å². The van der Waals surface area contributed by atoms with Gasteiger partial charge in [0.05, 0.1) is 17.4 Å². The summed E-state index contributed by atoms with van der Waals surface area (Å²) in [6.07, 6.45) is 1.73. The Balaban J connectivity index is 2.96. The van der Waals surface area contributed by atoms with Crippen LogP contribution in [-0.4, -0.2) is 9.55 Å². The third-order valence-electron chi connectivity index (χ3n) is 1.82. The Morgan fingerprint density at radius 3 is 2.83 bits per heavy atom. The molecular formula is C9H8N2O. The highest BCUT2D eigenvalue weighted by atomic mass is 16.1. The Hall–Kier alpha value is -1.64. The van der Waals surface area contributed by atoms with Gasteiger partial charge in [-0.15, -0.1) is 0 Å². The Labute approximate surface area is 69.3 Å². The number of fused-ring (bicyclic) bond motifs is 1. The molecule has 0 unspecified atom stereocenters. The standard InChI is InChI=1S/C9H8N2O/c1-11-6-10-8-4-2-7(12)3-5-9(8)11/h2-6H,1H3. The molecule has 3 nitrogen and oxygen atoms in total. The molecule has 1 heterocycles. The molecule has 1 aromatic heterocycles. The first-order valence-corrected chi connectivity index (χ1v) is 3.69. The number of imidazole rings is 1. The third kappa shape index (κ3) is 0.993. The average molecular weight is 160 g/mol. The molecule has 0 fully saturated rings. The fraction of sp³-hybridized carbons (Fsp3) is 0.111. The second-order valence-electron chi connectivity index (χ2n) is 2.69. The van der Waals surface area contributed by atoms with E-state index in [0.717, 1.165) is 11.0 Å². The number of rotatable bonds is 0. The zero-order valence-electron chi connectivity index (χ0n) is 6.69. The van der Waals surface area contributed by atoms with E-state index in [4.69, 9.17) is 0 Å². The molecule has 2 rings (SSSR count). The number of nitrogens with zero attached hydrogens (tertiary/aromatic N) is 2. The highest BCUT2D eigenvalue weighted by Gasteiger charge is 1.94. The lowest BCUT2D eigenvalue weighted by Gasteiger charge is -1.86. The minimum absolute atomic E-state index is 0.00741. The van der Waals surface area contributed by atoms with Crippen LogP contribution in [0.2, 0.25) is 0 Å².